The Morgan fingerprint density at radius 3 is 2.14 bits per heavy atom. The fraction of sp³-hybridized carbons (Fsp3) is 1.00. The summed E-state index contributed by atoms with van der Waals surface area (Å²) < 4.78 is 38.5. The summed E-state index contributed by atoms with van der Waals surface area (Å²) >= 11 is 0. The second-order valence-corrected chi connectivity index (χ2v) is 4.18. The first kappa shape index (κ1) is 11.7. The van der Waals surface area contributed by atoms with E-state index >= 15 is 0 Å². The van der Waals surface area contributed by atoms with Crippen molar-refractivity contribution in [1.82, 2.24) is 5.06 Å². The summed E-state index contributed by atoms with van der Waals surface area (Å²) in [4.78, 5) is 0. The van der Waals surface area contributed by atoms with E-state index in [1.807, 2.05) is 0 Å². The van der Waals surface area contributed by atoms with E-state index in [2.05, 4.69) is 0 Å². The Morgan fingerprint density at radius 2 is 2.00 bits per heavy atom. The van der Waals surface area contributed by atoms with Crippen LogP contribution in [-0.2, 0) is 0 Å². The van der Waals surface area contributed by atoms with Crippen LogP contribution in [0.5, 0.6) is 0 Å². The van der Waals surface area contributed by atoms with Gasteiger partial charge < -0.3 is 10.9 Å². The Bertz CT molecular complexity index is 207. The van der Waals surface area contributed by atoms with Gasteiger partial charge in [0.2, 0.25) is 0 Å². The number of hydroxylamine groups is 2. The molecule has 1 rings (SSSR count). The number of rotatable bonds is 1. The van der Waals surface area contributed by atoms with Crippen molar-refractivity contribution in [3.8, 4) is 0 Å². The van der Waals surface area contributed by atoms with Crippen LogP contribution < -0.4 is 5.73 Å². The molecule has 14 heavy (non-hydrogen) atoms. The highest BCUT2D eigenvalue weighted by atomic mass is 19.4. The summed E-state index contributed by atoms with van der Waals surface area (Å²) in [6, 6.07) is 0. The molecule has 0 amide bonds. The molecule has 0 aromatic rings. The molecular weight excluding hydrogens is 197 g/mol. The monoisotopic (exact) mass is 212 g/mol. The third-order valence-electron chi connectivity index (χ3n) is 3.07. The average molecular weight is 212 g/mol. The van der Waals surface area contributed by atoms with E-state index in [-0.39, 0.29) is 6.42 Å². The maximum Gasteiger partial charge on any atom is 0.396 e. The predicted octanol–water partition coefficient (Wildman–Crippen LogP) is 1.57. The predicted molar refractivity (Wildman–Crippen MR) is 44.4 cm³/mol. The largest absolute Gasteiger partial charge is 0.396 e. The van der Waals surface area contributed by atoms with Gasteiger partial charge in [0.15, 0.2) is 0 Å². The van der Waals surface area contributed by atoms with Crippen molar-refractivity contribution in [2.24, 2.45) is 17.1 Å². The summed E-state index contributed by atoms with van der Waals surface area (Å²) in [5, 5.41) is 9.73. The lowest BCUT2D eigenvalue weighted by atomic mass is 9.75. The van der Waals surface area contributed by atoms with E-state index in [0.717, 1.165) is 0 Å². The minimum atomic E-state index is -4.32. The van der Waals surface area contributed by atoms with Gasteiger partial charge in [0.1, 0.15) is 0 Å². The molecule has 1 fully saturated rings. The van der Waals surface area contributed by atoms with Gasteiger partial charge in [-0.05, 0) is 12.3 Å². The van der Waals surface area contributed by atoms with Crippen molar-refractivity contribution in [3.05, 3.63) is 0 Å². The van der Waals surface area contributed by atoms with Gasteiger partial charge in [0, 0.05) is 6.54 Å². The number of nitrogens with two attached hydrogens (primary N) is 1. The van der Waals surface area contributed by atoms with Crippen LogP contribution in [0.25, 0.3) is 0 Å². The van der Waals surface area contributed by atoms with E-state index in [4.69, 9.17) is 10.9 Å². The Hall–Kier alpha value is -0.330. The molecule has 3 nitrogen and oxygen atoms in total. The number of halogens is 3. The molecule has 0 spiro atoms. The molecule has 6 heteroatoms. The molecule has 2 unspecified atom stereocenters. The Balaban J connectivity index is 2.98. The van der Waals surface area contributed by atoms with E-state index in [0.29, 0.717) is 5.06 Å². The van der Waals surface area contributed by atoms with Crippen LogP contribution >= 0.6 is 0 Å². The molecular formula is C8H15F3N2O. The summed E-state index contributed by atoms with van der Waals surface area (Å²) in [5.41, 5.74) is 3.49. The van der Waals surface area contributed by atoms with Crippen LogP contribution in [0, 0.1) is 11.3 Å². The summed E-state index contributed by atoms with van der Waals surface area (Å²) in [6.07, 6.45) is -5.49. The minimum absolute atomic E-state index is 0.245. The minimum Gasteiger partial charge on any atom is -0.314 e. The fourth-order valence-corrected chi connectivity index (χ4v) is 1.90. The highest BCUT2D eigenvalue weighted by Crippen LogP contribution is 2.51. The van der Waals surface area contributed by atoms with Crippen LogP contribution in [0.3, 0.4) is 0 Å². The lowest BCUT2D eigenvalue weighted by molar-refractivity contribution is -0.242. The lowest BCUT2D eigenvalue weighted by Gasteiger charge is -2.34. The van der Waals surface area contributed by atoms with Crippen molar-refractivity contribution in [3.63, 3.8) is 0 Å². The third kappa shape index (κ3) is 1.62. The van der Waals surface area contributed by atoms with Crippen molar-refractivity contribution in [1.29, 1.82) is 0 Å². The zero-order valence-electron chi connectivity index (χ0n) is 8.17. The normalized spacial score (nSPS) is 35.6. The molecule has 1 aliphatic rings. The zero-order valence-corrected chi connectivity index (χ0v) is 8.17. The van der Waals surface area contributed by atoms with Crippen LogP contribution in [0.1, 0.15) is 20.3 Å². The van der Waals surface area contributed by atoms with E-state index in [1.165, 1.54) is 13.8 Å². The van der Waals surface area contributed by atoms with Gasteiger partial charge in [-0.3, -0.25) is 0 Å². The molecule has 1 saturated heterocycles. The third-order valence-corrected chi connectivity index (χ3v) is 3.07. The molecule has 0 aromatic heterocycles. The van der Waals surface area contributed by atoms with Crippen molar-refractivity contribution >= 4 is 0 Å². The Labute approximate surface area is 80.6 Å². The smallest absolute Gasteiger partial charge is 0.314 e. The number of hydrogen-bond acceptors (Lipinski definition) is 3. The van der Waals surface area contributed by atoms with Crippen LogP contribution in [-0.4, -0.2) is 29.2 Å². The second-order valence-electron chi connectivity index (χ2n) is 4.18. The van der Waals surface area contributed by atoms with E-state index < -0.39 is 30.2 Å². The summed E-state index contributed by atoms with van der Waals surface area (Å²) in [7, 11) is 0. The van der Waals surface area contributed by atoms with Gasteiger partial charge in [0.05, 0.1) is 11.6 Å². The highest BCUT2D eigenvalue weighted by molar-refractivity contribution is 4.98. The Kier molecular flexibility index (Phi) is 2.82. The average Bonchev–Trinajstić information content (AvgIpc) is 2.28. The fourth-order valence-electron chi connectivity index (χ4n) is 1.90. The number of hydrogen-bond donors (Lipinski definition) is 2. The van der Waals surface area contributed by atoms with E-state index in [1.54, 1.807) is 0 Å². The molecule has 84 valence electrons. The van der Waals surface area contributed by atoms with Crippen molar-refractivity contribution in [2.75, 3.05) is 6.54 Å². The first-order valence-corrected chi connectivity index (χ1v) is 4.48. The zero-order chi connectivity index (χ0) is 11.1. The first-order chi connectivity index (χ1) is 6.21. The quantitative estimate of drug-likeness (QED) is 0.693. The second kappa shape index (κ2) is 3.36. The Morgan fingerprint density at radius 1 is 1.50 bits per heavy atom. The maximum atomic E-state index is 12.8. The van der Waals surface area contributed by atoms with Gasteiger partial charge in [-0.15, -0.1) is 0 Å². The lowest BCUT2D eigenvalue weighted by Crippen LogP contribution is -2.44. The summed E-state index contributed by atoms with van der Waals surface area (Å²) in [5.74, 6) is -0.592. The molecule has 0 bridgehead atoms. The molecule has 0 aromatic carbocycles. The van der Waals surface area contributed by atoms with Gasteiger partial charge in [-0.25, -0.2) is 0 Å². The number of alkyl halides is 3. The van der Waals surface area contributed by atoms with E-state index in [9.17, 15) is 13.2 Å². The molecule has 0 saturated carbocycles. The van der Waals surface area contributed by atoms with Gasteiger partial charge in [0.25, 0.3) is 0 Å². The van der Waals surface area contributed by atoms with Crippen molar-refractivity contribution in [2.45, 2.75) is 32.6 Å². The van der Waals surface area contributed by atoms with Gasteiger partial charge in [-0.1, -0.05) is 13.8 Å². The topological polar surface area (TPSA) is 49.5 Å². The SMILES string of the molecule is CC(C)C1(C(F)(F)F)CC(N)N(O)C1. The molecule has 0 radical (unpaired) electrons. The molecule has 2 atom stereocenters. The van der Waals surface area contributed by atoms with Gasteiger partial charge >= 0.3 is 6.18 Å². The highest BCUT2D eigenvalue weighted by Gasteiger charge is 2.61. The molecule has 3 N–H and O–H groups in total. The maximum absolute atomic E-state index is 12.8. The summed E-state index contributed by atoms with van der Waals surface area (Å²) in [6.45, 7) is 2.56. The van der Waals surface area contributed by atoms with Crippen molar-refractivity contribution < 1.29 is 18.4 Å². The number of nitrogens with zero attached hydrogens (tertiary/aromatic N) is 1. The first-order valence-electron chi connectivity index (χ1n) is 4.48. The molecule has 1 heterocycles. The van der Waals surface area contributed by atoms with Crippen LogP contribution in [0.4, 0.5) is 13.2 Å². The van der Waals surface area contributed by atoms with Gasteiger partial charge in [-0.2, -0.15) is 18.2 Å². The molecule has 0 aliphatic carbocycles. The van der Waals surface area contributed by atoms with Crippen LogP contribution in [0.2, 0.25) is 0 Å². The standard InChI is InChI=1S/C8H15F3N2O/c1-5(2)7(8(9,10)11)3-6(12)13(14)4-7/h5-6,14H,3-4,12H2,1-2H3. The molecule has 1 aliphatic heterocycles. The van der Waals surface area contributed by atoms with Crippen LogP contribution in [0.15, 0.2) is 0 Å².